The molecule has 162 valence electrons. The number of Topliss-reactive ketones (excluding diaryl/α,β-unsaturated/α-hetero) is 1. The van der Waals surface area contributed by atoms with E-state index in [4.69, 9.17) is 4.74 Å². The number of rotatable bonds is 5. The van der Waals surface area contributed by atoms with Gasteiger partial charge in [-0.25, -0.2) is 8.42 Å². The summed E-state index contributed by atoms with van der Waals surface area (Å²) >= 11 is -0.124. The molecule has 0 saturated heterocycles. The van der Waals surface area contributed by atoms with Gasteiger partial charge in [0.25, 0.3) is 0 Å². The Labute approximate surface area is 189 Å². The summed E-state index contributed by atoms with van der Waals surface area (Å²) in [7, 11) is -2.60. The summed E-state index contributed by atoms with van der Waals surface area (Å²) in [4.78, 5) is 11.8. The summed E-state index contributed by atoms with van der Waals surface area (Å²) in [6, 6.07) is 18.8. The minimum atomic E-state index is -4.33. The van der Waals surface area contributed by atoms with Gasteiger partial charge in [-0.15, -0.1) is 0 Å². The summed E-state index contributed by atoms with van der Waals surface area (Å²) in [6.07, 6.45) is 1.88. The highest BCUT2D eigenvalue weighted by Gasteiger charge is 2.64. The van der Waals surface area contributed by atoms with Gasteiger partial charge in [-0.2, -0.15) is 0 Å². The monoisotopic (exact) mass is 542 g/mol. The number of carbonyl (C=O) groups is 1. The van der Waals surface area contributed by atoms with Crippen LogP contribution in [0.2, 0.25) is 0 Å². The first kappa shape index (κ1) is 23.2. The molecule has 0 aromatic heterocycles. The lowest BCUT2D eigenvalue weighted by Crippen LogP contribution is -3.61. The predicted octanol–water partition coefficient (Wildman–Crippen LogP) is 0.751. The van der Waals surface area contributed by atoms with Crippen LogP contribution in [0, 0.1) is 23.9 Å². The first-order chi connectivity index (χ1) is 14.1. The van der Waals surface area contributed by atoms with E-state index in [0.717, 1.165) is 12.2 Å². The zero-order valence-electron chi connectivity index (χ0n) is 17.4. The molecule has 0 amide bonds. The molecular formula is C23H27IO5S. The molecule has 2 aromatic rings. The Morgan fingerprint density at radius 3 is 2.27 bits per heavy atom. The first-order valence-corrected chi connectivity index (χ1v) is 13.6. The average Bonchev–Trinajstić information content (AvgIpc) is 3.03. The summed E-state index contributed by atoms with van der Waals surface area (Å²) in [5.74, 6) is 0.728. The second-order valence-corrected chi connectivity index (χ2v) is 12.7. The maximum absolute atomic E-state index is 11.8. The summed E-state index contributed by atoms with van der Waals surface area (Å²) in [5, 5.41) is 0. The number of halogens is 1. The molecule has 30 heavy (non-hydrogen) atoms. The second-order valence-electron chi connectivity index (χ2n) is 8.39. The van der Waals surface area contributed by atoms with Gasteiger partial charge in [-0.3, -0.25) is 4.79 Å². The third-order valence-electron chi connectivity index (χ3n) is 6.56. The van der Waals surface area contributed by atoms with E-state index in [-0.39, 0.29) is 38.3 Å². The molecule has 2 saturated carbocycles. The van der Waals surface area contributed by atoms with Crippen LogP contribution >= 0.6 is 0 Å². The van der Waals surface area contributed by atoms with Crippen molar-refractivity contribution in [2.45, 2.75) is 33.1 Å². The Bertz CT molecular complexity index is 1000. The fraction of sp³-hybridized carbons (Fsp3) is 0.435. The van der Waals surface area contributed by atoms with Crippen LogP contribution < -0.4 is 25.9 Å². The number of hydrogen-bond donors (Lipinski definition) is 0. The van der Waals surface area contributed by atoms with Crippen molar-refractivity contribution >= 4 is 15.9 Å². The van der Waals surface area contributed by atoms with Crippen LogP contribution in [0.1, 0.15) is 33.1 Å². The van der Waals surface area contributed by atoms with Gasteiger partial charge in [-0.05, 0) is 48.4 Å². The SMILES string of the molecule is CC1(C)C2CCC1(CS(=O)(=O)[O-])C(=O)C2.COc1ccccc1[I+]c1ccccc1. The molecule has 2 unspecified atom stereocenters. The second kappa shape index (κ2) is 8.96. The van der Waals surface area contributed by atoms with Crippen LogP contribution in [0.5, 0.6) is 5.75 Å². The lowest BCUT2D eigenvalue weighted by molar-refractivity contribution is -0.598. The van der Waals surface area contributed by atoms with E-state index in [2.05, 4.69) is 42.5 Å². The van der Waals surface area contributed by atoms with Crippen molar-refractivity contribution in [3.63, 3.8) is 0 Å². The molecule has 0 heterocycles. The molecular weight excluding hydrogens is 515 g/mol. The predicted molar refractivity (Wildman–Crippen MR) is 110 cm³/mol. The zero-order chi connectivity index (χ0) is 22.0. The van der Waals surface area contributed by atoms with E-state index in [0.29, 0.717) is 12.8 Å². The van der Waals surface area contributed by atoms with Crippen LogP contribution in [-0.4, -0.2) is 31.6 Å². The third kappa shape index (κ3) is 4.73. The molecule has 5 nitrogen and oxygen atoms in total. The average molecular weight is 542 g/mol. The third-order valence-corrected chi connectivity index (χ3v) is 10.2. The van der Waals surface area contributed by atoms with Crippen LogP contribution in [0.3, 0.4) is 0 Å². The molecule has 0 N–H and O–H groups in total. The molecule has 2 aliphatic rings. The summed E-state index contributed by atoms with van der Waals surface area (Å²) in [5.41, 5.74) is -1.22. The molecule has 2 aromatic carbocycles. The summed E-state index contributed by atoms with van der Waals surface area (Å²) < 4.78 is 40.8. The van der Waals surface area contributed by atoms with Crippen molar-refractivity contribution in [3.8, 4) is 5.75 Å². The maximum atomic E-state index is 11.8. The maximum Gasteiger partial charge on any atom is 0.362 e. The molecule has 0 radical (unpaired) electrons. The largest absolute Gasteiger partial charge is 0.748 e. The highest BCUT2D eigenvalue weighted by molar-refractivity contribution is 7.85. The van der Waals surface area contributed by atoms with Crippen LogP contribution in [0.15, 0.2) is 54.6 Å². The van der Waals surface area contributed by atoms with E-state index < -0.39 is 21.3 Å². The molecule has 4 rings (SSSR count). The molecule has 2 aliphatic carbocycles. The van der Waals surface area contributed by atoms with Crippen molar-refractivity contribution in [1.29, 1.82) is 0 Å². The van der Waals surface area contributed by atoms with Crippen LogP contribution in [-0.2, 0) is 14.9 Å². The molecule has 0 aliphatic heterocycles. The lowest BCUT2D eigenvalue weighted by Gasteiger charge is -2.37. The van der Waals surface area contributed by atoms with Crippen molar-refractivity contribution in [1.82, 2.24) is 0 Å². The standard InChI is InChI=1S/C13H12IO.C10H16O4S/c1-15-13-10-6-5-9-12(13)14-11-7-3-2-4-8-11;1-9(2)7-3-4-10(9,8(11)5-7)6-15(12,13)14/h2-10H,1H3;7H,3-6H2,1-2H3,(H,12,13,14)/q+1;/p-1. The molecule has 0 spiro atoms. The number of fused-ring (bicyclic) bond motifs is 2. The smallest absolute Gasteiger partial charge is 0.362 e. The number of carbonyl (C=O) groups excluding carboxylic acids is 1. The Morgan fingerprint density at radius 1 is 1.10 bits per heavy atom. The van der Waals surface area contributed by atoms with Crippen molar-refractivity contribution in [3.05, 3.63) is 61.7 Å². The van der Waals surface area contributed by atoms with E-state index >= 15 is 0 Å². The Hall–Kier alpha value is -1.45. The van der Waals surface area contributed by atoms with Gasteiger partial charge in [0.15, 0.2) is 9.32 Å². The van der Waals surface area contributed by atoms with Gasteiger partial charge >= 0.3 is 21.2 Å². The minimum Gasteiger partial charge on any atom is -0.748 e. The zero-order valence-corrected chi connectivity index (χ0v) is 20.4. The molecule has 2 fully saturated rings. The molecule has 7 heteroatoms. The van der Waals surface area contributed by atoms with E-state index in [1.807, 2.05) is 26.0 Å². The summed E-state index contributed by atoms with van der Waals surface area (Å²) in [6.45, 7) is 3.83. The lowest BCUT2D eigenvalue weighted by atomic mass is 9.70. The quantitative estimate of drug-likeness (QED) is 0.412. The fourth-order valence-corrected chi connectivity index (χ4v) is 8.47. The molecule has 2 bridgehead atoms. The topological polar surface area (TPSA) is 83.5 Å². The van der Waals surface area contributed by atoms with E-state index in [1.54, 1.807) is 7.11 Å². The molecule has 2 atom stereocenters. The number of para-hydroxylation sites is 1. The van der Waals surface area contributed by atoms with Crippen molar-refractivity contribution < 1.29 is 43.7 Å². The Morgan fingerprint density at radius 2 is 1.73 bits per heavy atom. The van der Waals surface area contributed by atoms with Gasteiger partial charge < -0.3 is 9.29 Å². The van der Waals surface area contributed by atoms with Gasteiger partial charge in [0.2, 0.25) is 3.57 Å². The van der Waals surface area contributed by atoms with Crippen LogP contribution in [0.25, 0.3) is 0 Å². The number of ketones is 1. The van der Waals surface area contributed by atoms with Crippen LogP contribution in [0.4, 0.5) is 0 Å². The van der Waals surface area contributed by atoms with Gasteiger partial charge in [0.05, 0.1) is 23.0 Å². The number of ether oxygens (including phenoxy) is 1. The fourth-order valence-electron chi connectivity index (χ4n) is 4.69. The van der Waals surface area contributed by atoms with E-state index in [1.165, 1.54) is 7.14 Å². The van der Waals surface area contributed by atoms with Gasteiger partial charge in [0, 0.05) is 11.8 Å². The van der Waals surface area contributed by atoms with E-state index in [9.17, 15) is 17.8 Å². The highest BCUT2D eigenvalue weighted by atomic mass is 127. The number of hydrogen-bond acceptors (Lipinski definition) is 5. The number of methoxy groups -OCH3 is 1. The first-order valence-electron chi connectivity index (χ1n) is 9.89. The van der Waals surface area contributed by atoms with Crippen molar-refractivity contribution in [2.24, 2.45) is 16.7 Å². The number of benzene rings is 2. The Balaban J connectivity index is 0.000000171. The van der Waals surface area contributed by atoms with Gasteiger partial charge in [0.1, 0.15) is 5.78 Å². The van der Waals surface area contributed by atoms with Crippen molar-refractivity contribution in [2.75, 3.05) is 12.9 Å². The normalized spacial score (nSPS) is 24.3. The minimum absolute atomic E-state index is 0.0248. The van der Waals surface area contributed by atoms with Gasteiger partial charge in [-0.1, -0.05) is 44.2 Å². The Kier molecular flexibility index (Phi) is 6.94. The highest BCUT2D eigenvalue weighted by Crippen LogP contribution is 2.64.